The minimum absolute atomic E-state index is 0.153. The van der Waals surface area contributed by atoms with Gasteiger partial charge in [0, 0.05) is 30.2 Å². The highest BCUT2D eigenvalue weighted by Gasteiger charge is 2.09. The Balaban J connectivity index is 1.46. The van der Waals surface area contributed by atoms with E-state index < -0.39 is 0 Å². The second kappa shape index (κ2) is 8.36. The van der Waals surface area contributed by atoms with Gasteiger partial charge in [-0.15, -0.1) is 0 Å². The van der Waals surface area contributed by atoms with Gasteiger partial charge in [-0.25, -0.2) is 8.78 Å². The van der Waals surface area contributed by atoms with E-state index in [-0.39, 0.29) is 11.6 Å². The lowest BCUT2D eigenvalue weighted by atomic mass is 10.1. The second-order valence-corrected chi connectivity index (χ2v) is 6.94. The summed E-state index contributed by atoms with van der Waals surface area (Å²) in [4.78, 5) is 0. The predicted octanol–water partition coefficient (Wildman–Crippen LogP) is 5.30. The first-order valence-corrected chi connectivity index (χ1v) is 9.46. The van der Waals surface area contributed by atoms with Crippen LogP contribution in [0.5, 0.6) is 0 Å². The summed E-state index contributed by atoms with van der Waals surface area (Å²) in [6, 6.07) is 21.8. The first-order valence-electron chi connectivity index (χ1n) is 9.46. The van der Waals surface area contributed by atoms with Crippen LogP contribution in [0.25, 0.3) is 10.9 Å². The third kappa shape index (κ3) is 4.12. The number of rotatable bonds is 7. The topological polar surface area (TPSA) is 17.0 Å². The molecule has 4 heteroatoms. The van der Waals surface area contributed by atoms with Crippen LogP contribution in [0.15, 0.2) is 79.0 Å². The highest BCUT2D eigenvalue weighted by molar-refractivity contribution is 5.84. The third-order valence-corrected chi connectivity index (χ3v) is 4.98. The Kier molecular flexibility index (Phi) is 5.49. The van der Waals surface area contributed by atoms with Crippen molar-refractivity contribution in [2.24, 2.45) is 0 Å². The molecule has 0 spiro atoms. The highest BCUT2D eigenvalue weighted by Crippen LogP contribution is 2.22. The van der Waals surface area contributed by atoms with Crippen molar-refractivity contribution in [1.82, 2.24) is 9.88 Å². The zero-order valence-corrected chi connectivity index (χ0v) is 15.5. The summed E-state index contributed by atoms with van der Waals surface area (Å²) in [5.41, 5.74) is 4.14. The van der Waals surface area contributed by atoms with Crippen LogP contribution >= 0.6 is 0 Å². The monoisotopic (exact) mass is 376 g/mol. The lowest BCUT2D eigenvalue weighted by Crippen LogP contribution is -2.17. The van der Waals surface area contributed by atoms with Crippen molar-refractivity contribution in [1.29, 1.82) is 0 Å². The molecule has 0 bridgehead atoms. The van der Waals surface area contributed by atoms with Crippen molar-refractivity contribution in [3.8, 4) is 0 Å². The maximum Gasteiger partial charge on any atom is 0.126 e. The highest BCUT2D eigenvalue weighted by atomic mass is 19.1. The van der Waals surface area contributed by atoms with Crippen molar-refractivity contribution in [2.45, 2.75) is 19.5 Å². The summed E-state index contributed by atoms with van der Waals surface area (Å²) in [6.07, 6.45) is 2.80. The van der Waals surface area contributed by atoms with Gasteiger partial charge in [-0.05, 0) is 53.9 Å². The SMILES string of the molecule is Fc1ccc(Cn2cc(CNCCc3ccccc3F)c3ccccc32)cc1. The normalized spacial score (nSPS) is 11.2. The van der Waals surface area contributed by atoms with E-state index in [0.717, 1.165) is 16.6 Å². The van der Waals surface area contributed by atoms with Crippen LogP contribution in [0, 0.1) is 11.6 Å². The quantitative estimate of drug-likeness (QED) is 0.433. The van der Waals surface area contributed by atoms with Crippen molar-refractivity contribution in [3.05, 3.63) is 107 Å². The minimum atomic E-state index is -0.221. The molecule has 142 valence electrons. The van der Waals surface area contributed by atoms with Crippen molar-refractivity contribution < 1.29 is 8.78 Å². The molecule has 1 N–H and O–H groups in total. The number of hydrogen-bond acceptors (Lipinski definition) is 1. The number of benzene rings is 3. The van der Waals surface area contributed by atoms with Gasteiger partial charge < -0.3 is 9.88 Å². The molecule has 4 rings (SSSR count). The summed E-state index contributed by atoms with van der Waals surface area (Å²) < 4.78 is 29.1. The fourth-order valence-corrected chi connectivity index (χ4v) is 3.53. The molecular formula is C24H22F2N2. The summed E-state index contributed by atoms with van der Waals surface area (Å²) in [5, 5.41) is 4.62. The number of fused-ring (bicyclic) bond motifs is 1. The van der Waals surface area contributed by atoms with Crippen molar-refractivity contribution in [2.75, 3.05) is 6.54 Å². The number of halogens is 2. The molecule has 0 radical (unpaired) electrons. The second-order valence-electron chi connectivity index (χ2n) is 6.94. The van der Waals surface area contributed by atoms with Crippen LogP contribution < -0.4 is 5.32 Å². The molecule has 0 amide bonds. The number of aromatic nitrogens is 1. The molecule has 0 aliphatic heterocycles. The number of nitrogens with zero attached hydrogens (tertiary/aromatic N) is 1. The van der Waals surface area contributed by atoms with E-state index in [1.54, 1.807) is 6.07 Å². The van der Waals surface area contributed by atoms with E-state index in [4.69, 9.17) is 0 Å². The third-order valence-electron chi connectivity index (χ3n) is 4.98. The van der Waals surface area contributed by atoms with Gasteiger partial charge in [-0.2, -0.15) is 0 Å². The fraction of sp³-hybridized carbons (Fsp3) is 0.167. The molecule has 3 aromatic carbocycles. The smallest absolute Gasteiger partial charge is 0.126 e. The van der Waals surface area contributed by atoms with Gasteiger partial charge >= 0.3 is 0 Å². The molecule has 2 nitrogen and oxygen atoms in total. The van der Waals surface area contributed by atoms with E-state index in [0.29, 0.717) is 26.1 Å². The Labute approximate surface area is 163 Å². The molecule has 0 saturated heterocycles. The Morgan fingerprint density at radius 3 is 2.36 bits per heavy atom. The average Bonchev–Trinajstić information content (AvgIpc) is 3.06. The Bertz CT molecular complexity index is 1070. The fourth-order valence-electron chi connectivity index (χ4n) is 3.53. The van der Waals surface area contributed by atoms with Crippen LogP contribution in [-0.4, -0.2) is 11.1 Å². The van der Waals surface area contributed by atoms with E-state index in [1.165, 1.54) is 29.1 Å². The van der Waals surface area contributed by atoms with Gasteiger partial charge in [-0.3, -0.25) is 0 Å². The molecule has 0 atom stereocenters. The van der Waals surface area contributed by atoms with E-state index in [1.807, 2.05) is 36.4 Å². The first-order chi connectivity index (χ1) is 13.7. The van der Waals surface area contributed by atoms with Crippen molar-refractivity contribution in [3.63, 3.8) is 0 Å². The van der Waals surface area contributed by atoms with E-state index in [2.05, 4.69) is 28.2 Å². The molecule has 0 saturated carbocycles. The summed E-state index contributed by atoms with van der Waals surface area (Å²) in [5.74, 6) is -0.374. The lowest BCUT2D eigenvalue weighted by molar-refractivity contribution is 0.598. The van der Waals surface area contributed by atoms with Gasteiger partial charge in [0.25, 0.3) is 0 Å². The minimum Gasteiger partial charge on any atom is -0.343 e. The number of para-hydroxylation sites is 1. The van der Waals surface area contributed by atoms with Crippen LogP contribution in [0.4, 0.5) is 8.78 Å². The molecule has 28 heavy (non-hydrogen) atoms. The molecule has 0 fully saturated rings. The number of hydrogen-bond donors (Lipinski definition) is 1. The lowest BCUT2D eigenvalue weighted by Gasteiger charge is -2.06. The van der Waals surface area contributed by atoms with Crippen LogP contribution in [0.2, 0.25) is 0 Å². The molecule has 0 aliphatic rings. The van der Waals surface area contributed by atoms with Crippen molar-refractivity contribution >= 4 is 10.9 Å². The molecule has 0 aliphatic carbocycles. The first kappa shape index (κ1) is 18.4. The van der Waals surface area contributed by atoms with Gasteiger partial charge in [0.2, 0.25) is 0 Å². The van der Waals surface area contributed by atoms with Crippen LogP contribution in [0.3, 0.4) is 0 Å². The zero-order chi connectivity index (χ0) is 19.3. The predicted molar refractivity (Wildman–Crippen MR) is 109 cm³/mol. The Hall–Kier alpha value is -2.98. The van der Waals surface area contributed by atoms with E-state index >= 15 is 0 Å². The van der Waals surface area contributed by atoms with Gasteiger partial charge in [-0.1, -0.05) is 48.5 Å². The summed E-state index contributed by atoms with van der Waals surface area (Å²) >= 11 is 0. The number of nitrogens with one attached hydrogen (secondary N) is 1. The average molecular weight is 376 g/mol. The van der Waals surface area contributed by atoms with Crippen LogP contribution in [-0.2, 0) is 19.5 Å². The molecule has 4 aromatic rings. The molecule has 1 aromatic heterocycles. The maximum absolute atomic E-state index is 13.7. The molecule has 1 heterocycles. The van der Waals surface area contributed by atoms with Gasteiger partial charge in [0.15, 0.2) is 0 Å². The summed E-state index contributed by atoms with van der Waals surface area (Å²) in [6.45, 7) is 2.11. The zero-order valence-electron chi connectivity index (χ0n) is 15.5. The Morgan fingerprint density at radius 1 is 0.786 bits per heavy atom. The van der Waals surface area contributed by atoms with Gasteiger partial charge in [0.1, 0.15) is 11.6 Å². The largest absolute Gasteiger partial charge is 0.343 e. The molecular weight excluding hydrogens is 354 g/mol. The van der Waals surface area contributed by atoms with Gasteiger partial charge in [0.05, 0.1) is 0 Å². The molecule has 0 unspecified atom stereocenters. The summed E-state index contributed by atoms with van der Waals surface area (Å²) in [7, 11) is 0. The standard InChI is InChI=1S/C24H22F2N2/c25-21-11-9-18(10-12-21)16-28-17-20(22-6-2-4-8-24(22)28)15-27-14-13-19-5-1-3-7-23(19)26/h1-12,17,27H,13-16H2. The van der Waals surface area contributed by atoms with E-state index in [9.17, 15) is 8.78 Å². The Morgan fingerprint density at radius 2 is 1.54 bits per heavy atom. The maximum atomic E-state index is 13.7. The van der Waals surface area contributed by atoms with Crippen LogP contribution in [0.1, 0.15) is 16.7 Å².